The average Bonchev–Trinajstić information content (AvgIpc) is 3.35. The number of rotatable bonds is 9. The van der Waals surface area contributed by atoms with Crippen molar-refractivity contribution >= 4 is 11.5 Å². The van der Waals surface area contributed by atoms with Crippen molar-refractivity contribution in [1.29, 1.82) is 0 Å². The molecule has 3 N–H and O–H groups in total. The fourth-order valence-electron chi connectivity index (χ4n) is 7.20. The molecule has 2 saturated heterocycles. The van der Waals surface area contributed by atoms with E-state index in [0.717, 1.165) is 49.2 Å². The van der Waals surface area contributed by atoms with E-state index in [9.17, 15) is 9.90 Å². The summed E-state index contributed by atoms with van der Waals surface area (Å²) in [5.74, 6) is 0.164. The number of carbonyl (C=O) groups excluding carboxylic acids is 1. The van der Waals surface area contributed by atoms with Gasteiger partial charge < -0.3 is 5.11 Å². The van der Waals surface area contributed by atoms with E-state index < -0.39 is 6.23 Å². The van der Waals surface area contributed by atoms with E-state index in [1.165, 1.54) is 36.1 Å². The first-order chi connectivity index (χ1) is 19.5. The highest BCUT2D eigenvalue weighted by atomic mass is 16.3. The number of piperidine rings is 1. The highest BCUT2D eigenvalue weighted by molar-refractivity contribution is 5.94. The van der Waals surface area contributed by atoms with Crippen LogP contribution >= 0.6 is 0 Å². The summed E-state index contributed by atoms with van der Waals surface area (Å²) in [6.07, 6.45) is 5.12. The Morgan fingerprint density at radius 3 is 2.20 bits per heavy atom. The molecule has 3 aliphatic rings. The highest BCUT2D eigenvalue weighted by Crippen LogP contribution is 2.49. The minimum atomic E-state index is -0.586. The number of para-hydroxylation sites is 1. The number of hydrogen-bond donors (Lipinski definition) is 3. The lowest BCUT2D eigenvalue weighted by Crippen LogP contribution is -2.65. The van der Waals surface area contributed by atoms with Crippen LogP contribution in [0.5, 0.6) is 0 Å². The van der Waals surface area contributed by atoms with Gasteiger partial charge in [0, 0.05) is 48.7 Å². The summed E-state index contributed by atoms with van der Waals surface area (Å²) in [4.78, 5) is 14.1. The van der Waals surface area contributed by atoms with E-state index in [0.29, 0.717) is 12.1 Å². The van der Waals surface area contributed by atoms with Gasteiger partial charge in [-0.2, -0.15) is 5.43 Å². The maximum atomic E-state index is 11.8. The van der Waals surface area contributed by atoms with E-state index >= 15 is 0 Å². The number of aliphatic hydroxyl groups excluding tert-OH is 1. The Morgan fingerprint density at radius 2 is 1.60 bits per heavy atom. The summed E-state index contributed by atoms with van der Waals surface area (Å²) in [7, 11) is 0. The first-order valence-corrected chi connectivity index (χ1v) is 15.0. The molecule has 0 radical (unpaired) electrons. The average molecular weight is 540 g/mol. The number of hydrogen-bond acceptors (Lipinski definition) is 5. The van der Waals surface area contributed by atoms with Gasteiger partial charge in [-0.25, -0.2) is 4.59 Å². The third-order valence-electron chi connectivity index (χ3n) is 9.57. The van der Waals surface area contributed by atoms with Crippen LogP contribution in [0.25, 0.3) is 0 Å². The van der Waals surface area contributed by atoms with Gasteiger partial charge in [-0.05, 0) is 44.8 Å². The number of benzene rings is 3. The van der Waals surface area contributed by atoms with E-state index in [1.807, 2.05) is 12.1 Å². The van der Waals surface area contributed by atoms with Crippen molar-refractivity contribution in [3.8, 4) is 0 Å². The lowest BCUT2D eigenvalue weighted by Gasteiger charge is -2.49. The number of aliphatic hydroxyl groups is 1. The van der Waals surface area contributed by atoms with Crippen LogP contribution in [0.1, 0.15) is 66.6 Å². The van der Waals surface area contributed by atoms with Gasteiger partial charge in [0.05, 0.1) is 12.5 Å². The molecule has 1 saturated carbocycles. The van der Waals surface area contributed by atoms with Crippen molar-refractivity contribution in [3.63, 3.8) is 0 Å². The summed E-state index contributed by atoms with van der Waals surface area (Å²) in [6.45, 7) is 5.27. The normalized spacial score (nSPS) is 26.9. The summed E-state index contributed by atoms with van der Waals surface area (Å²) < 4.78 is 0.731. The van der Waals surface area contributed by atoms with Gasteiger partial charge in [-0.1, -0.05) is 72.8 Å². The third kappa shape index (κ3) is 5.39. The molecule has 3 aromatic rings. The molecule has 0 aromatic heterocycles. The van der Waals surface area contributed by atoms with Crippen molar-refractivity contribution < 1.29 is 9.90 Å². The van der Waals surface area contributed by atoms with Crippen LogP contribution in [0.4, 0.5) is 5.69 Å². The Kier molecular flexibility index (Phi) is 8.15. The number of Topliss-reactive ketones (excluding diaryl/α,β-unsaturated/α-hetero) is 1. The lowest BCUT2D eigenvalue weighted by molar-refractivity contribution is 0.0152. The highest BCUT2D eigenvalue weighted by Gasteiger charge is 2.58. The van der Waals surface area contributed by atoms with E-state index in [-0.39, 0.29) is 17.7 Å². The Morgan fingerprint density at radius 1 is 0.950 bits per heavy atom. The lowest BCUT2D eigenvalue weighted by atomic mass is 9.84. The first-order valence-electron chi connectivity index (χ1n) is 15.0. The van der Waals surface area contributed by atoms with Crippen LogP contribution in [-0.2, 0) is 6.54 Å². The fourth-order valence-corrected chi connectivity index (χ4v) is 7.20. The Bertz CT molecular complexity index is 1260. The minimum Gasteiger partial charge on any atom is -0.378 e. The number of nitrogens with zero attached hydrogens (tertiary/aromatic N) is 2. The standard InChI is InChI=1S/C34H43N4O2/c1-25(39)27-17-15-26(16-18-27)24-37-21-19-29(20-22-37)36-34(40)32-23-35-38(31-13-8-14-31,30-11-6-3-7-12-30)33(32)28-9-4-2-5-10-28/h2-7,9-12,15-18,29,31-36,40H,8,13-14,19-24H2,1H3/q+1. The van der Waals surface area contributed by atoms with Crippen molar-refractivity contribution in [2.24, 2.45) is 5.92 Å². The molecule has 2 aliphatic heterocycles. The van der Waals surface area contributed by atoms with Gasteiger partial charge in [0.2, 0.25) is 0 Å². The van der Waals surface area contributed by atoms with Crippen LogP contribution in [0, 0.1) is 5.92 Å². The zero-order chi connectivity index (χ0) is 27.5. The molecule has 6 nitrogen and oxygen atoms in total. The smallest absolute Gasteiger partial charge is 0.159 e. The number of quaternary nitrogens is 1. The number of carbonyl (C=O) groups is 1. The number of ketones is 1. The van der Waals surface area contributed by atoms with Gasteiger partial charge in [0.25, 0.3) is 0 Å². The van der Waals surface area contributed by atoms with Crippen molar-refractivity contribution in [1.82, 2.24) is 20.2 Å². The third-order valence-corrected chi connectivity index (χ3v) is 9.57. The van der Waals surface area contributed by atoms with Gasteiger partial charge >= 0.3 is 0 Å². The van der Waals surface area contributed by atoms with Crippen molar-refractivity contribution in [2.75, 3.05) is 19.6 Å². The molecule has 210 valence electrons. The van der Waals surface area contributed by atoms with Gasteiger partial charge in [0.15, 0.2) is 11.5 Å². The molecule has 4 unspecified atom stereocenters. The molecule has 1 aliphatic carbocycles. The van der Waals surface area contributed by atoms with Crippen molar-refractivity contribution in [3.05, 3.63) is 102 Å². The van der Waals surface area contributed by atoms with Crippen LogP contribution in [0.15, 0.2) is 84.9 Å². The SMILES string of the molecule is CC(=O)c1ccc(CN2CCC(NC(O)C3CN[N+](c4ccccc4)(C4CCC4)C3c3ccccc3)CC2)cc1. The molecular weight excluding hydrogens is 496 g/mol. The number of nitrogens with one attached hydrogen (secondary N) is 2. The largest absolute Gasteiger partial charge is 0.378 e. The summed E-state index contributed by atoms with van der Waals surface area (Å²) in [6, 6.07) is 30.7. The zero-order valence-corrected chi connectivity index (χ0v) is 23.6. The van der Waals surface area contributed by atoms with Crippen LogP contribution in [-0.4, -0.2) is 53.7 Å². The van der Waals surface area contributed by atoms with Crippen LogP contribution in [0.3, 0.4) is 0 Å². The molecule has 40 heavy (non-hydrogen) atoms. The summed E-state index contributed by atoms with van der Waals surface area (Å²) in [5.41, 5.74) is 8.55. The summed E-state index contributed by atoms with van der Waals surface area (Å²) in [5, 5.41) is 15.4. The maximum Gasteiger partial charge on any atom is 0.159 e. The second kappa shape index (κ2) is 11.9. The van der Waals surface area contributed by atoms with Gasteiger partial charge in [0.1, 0.15) is 18.3 Å². The second-order valence-electron chi connectivity index (χ2n) is 12.0. The van der Waals surface area contributed by atoms with Gasteiger partial charge in [-0.3, -0.25) is 15.0 Å². The minimum absolute atomic E-state index is 0.0565. The molecule has 6 rings (SSSR count). The Labute approximate surface area is 238 Å². The molecule has 0 amide bonds. The van der Waals surface area contributed by atoms with E-state index in [2.05, 4.69) is 88.4 Å². The molecule has 0 spiro atoms. The predicted molar refractivity (Wildman–Crippen MR) is 160 cm³/mol. The molecule has 6 heteroatoms. The van der Waals surface area contributed by atoms with Crippen molar-refractivity contribution in [2.45, 2.75) is 69.9 Å². The molecule has 2 heterocycles. The Hall–Kier alpha value is -2.87. The van der Waals surface area contributed by atoms with E-state index in [1.54, 1.807) is 6.92 Å². The predicted octanol–water partition coefficient (Wildman–Crippen LogP) is 5.20. The Balaban J connectivity index is 1.15. The summed E-state index contributed by atoms with van der Waals surface area (Å²) >= 11 is 0. The topological polar surface area (TPSA) is 64.6 Å². The molecule has 3 aromatic carbocycles. The second-order valence-corrected chi connectivity index (χ2v) is 12.0. The van der Waals surface area contributed by atoms with E-state index in [4.69, 9.17) is 0 Å². The molecule has 4 atom stereocenters. The quantitative estimate of drug-likeness (QED) is 0.198. The zero-order valence-electron chi connectivity index (χ0n) is 23.6. The monoisotopic (exact) mass is 539 g/mol. The van der Waals surface area contributed by atoms with Crippen LogP contribution in [0.2, 0.25) is 0 Å². The molecule has 0 bridgehead atoms. The first kappa shape index (κ1) is 27.3. The maximum absolute atomic E-state index is 11.8. The number of likely N-dealkylation sites (tertiary alicyclic amines) is 1. The fraction of sp³-hybridized carbons (Fsp3) is 0.441. The molecular formula is C34H43N4O2+. The van der Waals surface area contributed by atoms with Crippen LogP contribution < -0.4 is 15.3 Å². The van der Waals surface area contributed by atoms with Gasteiger partial charge in [-0.15, -0.1) is 0 Å². The molecule has 3 fully saturated rings.